The molecule has 2 rings (SSSR count). The minimum absolute atomic E-state index is 0.163. The number of nitrogens with zero attached hydrogens (tertiary/aromatic N) is 2. The second kappa shape index (κ2) is 5.09. The van der Waals surface area contributed by atoms with Gasteiger partial charge in [-0.25, -0.2) is 13.4 Å². The van der Waals surface area contributed by atoms with Crippen LogP contribution in [0.5, 0.6) is 5.88 Å². The Hall–Kier alpha value is -1.37. The van der Waals surface area contributed by atoms with E-state index in [9.17, 15) is 8.42 Å². The molecule has 6 nitrogen and oxygen atoms in total. The fourth-order valence-corrected chi connectivity index (χ4v) is 3.88. The highest BCUT2D eigenvalue weighted by Gasteiger charge is 2.27. The van der Waals surface area contributed by atoms with Crippen molar-refractivity contribution in [3.63, 3.8) is 0 Å². The van der Waals surface area contributed by atoms with Crippen molar-refractivity contribution in [2.24, 2.45) is 5.92 Å². The van der Waals surface area contributed by atoms with Crippen LogP contribution >= 0.6 is 0 Å². The van der Waals surface area contributed by atoms with E-state index >= 15 is 0 Å². The van der Waals surface area contributed by atoms with Crippen molar-refractivity contribution < 1.29 is 13.2 Å². The number of sulfone groups is 1. The van der Waals surface area contributed by atoms with Crippen LogP contribution in [0, 0.1) is 12.8 Å². The molecule has 1 aliphatic rings. The Morgan fingerprint density at radius 3 is 2.89 bits per heavy atom. The summed E-state index contributed by atoms with van der Waals surface area (Å²) in [5, 5.41) is 3.14. The molecule has 2 heterocycles. The van der Waals surface area contributed by atoms with Gasteiger partial charge in [0, 0.05) is 12.6 Å². The van der Waals surface area contributed by atoms with Crippen LogP contribution in [0.3, 0.4) is 0 Å². The monoisotopic (exact) mass is 271 g/mol. The molecule has 1 aromatic heterocycles. The van der Waals surface area contributed by atoms with E-state index in [4.69, 9.17) is 4.74 Å². The molecule has 18 heavy (non-hydrogen) atoms. The van der Waals surface area contributed by atoms with E-state index in [-0.39, 0.29) is 11.7 Å². The average Bonchev–Trinajstić information content (AvgIpc) is 2.65. The molecule has 0 amide bonds. The van der Waals surface area contributed by atoms with Crippen molar-refractivity contribution in [3.05, 3.63) is 11.9 Å². The Balaban J connectivity index is 1.96. The van der Waals surface area contributed by atoms with Crippen LogP contribution in [0.2, 0.25) is 0 Å². The molecule has 1 saturated heterocycles. The Morgan fingerprint density at radius 1 is 1.50 bits per heavy atom. The van der Waals surface area contributed by atoms with Gasteiger partial charge in [0.15, 0.2) is 9.84 Å². The highest BCUT2D eigenvalue weighted by atomic mass is 32.2. The number of nitrogens with one attached hydrogen (secondary N) is 1. The lowest BCUT2D eigenvalue weighted by molar-refractivity contribution is 0.396. The van der Waals surface area contributed by atoms with E-state index < -0.39 is 9.84 Å². The summed E-state index contributed by atoms with van der Waals surface area (Å²) < 4.78 is 27.7. The number of ether oxygens (including phenoxy) is 1. The highest BCUT2D eigenvalue weighted by molar-refractivity contribution is 7.91. The number of hydrogen-bond donors (Lipinski definition) is 1. The maximum Gasteiger partial charge on any atom is 0.218 e. The zero-order chi connectivity index (χ0) is 13.2. The fourth-order valence-electron chi connectivity index (χ4n) is 2.02. The largest absolute Gasteiger partial charge is 0.481 e. The third-order valence-electron chi connectivity index (χ3n) is 2.92. The lowest BCUT2D eigenvalue weighted by Gasteiger charge is -2.11. The fraction of sp³-hybridized carbons (Fsp3) is 0.636. The van der Waals surface area contributed by atoms with E-state index in [1.165, 1.54) is 0 Å². The summed E-state index contributed by atoms with van der Waals surface area (Å²) in [5.41, 5.74) is 0. The van der Waals surface area contributed by atoms with Gasteiger partial charge in [0.05, 0.1) is 18.6 Å². The summed E-state index contributed by atoms with van der Waals surface area (Å²) in [5.74, 6) is 2.52. The smallest absolute Gasteiger partial charge is 0.218 e. The quantitative estimate of drug-likeness (QED) is 0.865. The first kappa shape index (κ1) is 13.1. The molecule has 1 N–H and O–H groups in total. The van der Waals surface area contributed by atoms with Gasteiger partial charge < -0.3 is 10.1 Å². The standard InChI is InChI=1S/C11H17N3O3S/c1-8-13-10(5-11(14-8)17-2)12-6-9-3-4-18(15,16)7-9/h5,9H,3-4,6-7H2,1-2H3,(H,12,13,14). The second-order valence-corrected chi connectivity index (χ2v) is 6.72. The number of methoxy groups -OCH3 is 1. The van der Waals surface area contributed by atoms with Crippen molar-refractivity contribution in [1.82, 2.24) is 9.97 Å². The number of hydrogen-bond acceptors (Lipinski definition) is 6. The summed E-state index contributed by atoms with van der Waals surface area (Å²) in [7, 11) is -1.27. The summed E-state index contributed by atoms with van der Waals surface area (Å²) in [6.07, 6.45) is 0.719. The molecule has 0 saturated carbocycles. The van der Waals surface area contributed by atoms with Crippen molar-refractivity contribution in [2.75, 3.05) is 30.5 Å². The molecule has 0 aromatic carbocycles. The van der Waals surface area contributed by atoms with E-state index in [0.717, 1.165) is 6.42 Å². The van der Waals surface area contributed by atoms with Crippen molar-refractivity contribution in [3.8, 4) is 5.88 Å². The number of aryl methyl sites for hydroxylation is 1. The minimum Gasteiger partial charge on any atom is -0.481 e. The third-order valence-corrected chi connectivity index (χ3v) is 4.76. The van der Waals surface area contributed by atoms with Crippen LogP contribution in [0.4, 0.5) is 5.82 Å². The Kier molecular flexibility index (Phi) is 3.70. The van der Waals surface area contributed by atoms with Crippen molar-refractivity contribution >= 4 is 15.7 Å². The first-order valence-electron chi connectivity index (χ1n) is 5.82. The van der Waals surface area contributed by atoms with Crippen LogP contribution in [0.15, 0.2) is 6.07 Å². The molecule has 1 unspecified atom stereocenters. The predicted octanol–water partition coefficient (Wildman–Crippen LogP) is 0.640. The summed E-state index contributed by atoms with van der Waals surface area (Å²) >= 11 is 0. The second-order valence-electron chi connectivity index (χ2n) is 4.49. The molecule has 0 spiro atoms. The van der Waals surface area contributed by atoms with Crippen LogP contribution in [0.1, 0.15) is 12.2 Å². The number of aromatic nitrogens is 2. The normalized spacial score (nSPS) is 21.8. The van der Waals surface area contributed by atoms with Gasteiger partial charge in [-0.15, -0.1) is 0 Å². The third kappa shape index (κ3) is 3.32. The van der Waals surface area contributed by atoms with E-state index in [1.807, 2.05) is 0 Å². The molecule has 1 aliphatic heterocycles. The highest BCUT2D eigenvalue weighted by Crippen LogP contribution is 2.19. The predicted molar refractivity (Wildman–Crippen MR) is 68.6 cm³/mol. The lowest BCUT2D eigenvalue weighted by atomic mass is 10.1. The van der Waals surface area contributed by atoms with Crippen molar-refractivity contribution in [2.45, 2.75) is 13.3 Å². The summed E-state index contributed by atoms with van der Waals surface area (Å²) in [6.45, 7) is 2.40. The molecule has 1 aromatic rings. The molecule has 0 radical (unpaired) electrons. The van der Waals surface area contributed by atoms with Crippen molar-refractivity contribution in [1.29, 1.82) is 0 Å². The maximum atomic E-state index is 11.3. The van der Waals surface area contributed by atoms with Gasteiger partial charge in [-0.3, -0.25) is 0 Å². The van der Waals surface area contributed by atoms with Crippen LogP contribution in [-0.2, 0) is 9.84 Å². The molecule has 7 heteroatoms. The van der Waals surface area contributed by atoms with Gasteiger partial charge in [-0.2, -0.15) is 4.98 Å². The van der Waals surface area contributed by atoms with Crippen LogP contribution in [0.25, 0.3) is 0 Å². The lowest BCUT2D eigenvalue weighted by Crippen LogP contribution is -2.16. The Bertz CT molecular complexity index is 530. The van der Waals surface area contributed by atoms with Crippen LogP contribution < -0.4 is 10.1 Å². The maximum absolute atomic E-state index is 11.3. The van der Waals surface area contributed by atoms with Crippen LogP contribution in [-0.4, -0.2) is 43.5 Å². The molecule has 1 fully saturated rings. The van der Waals surface area contributed by atoms with Gasteiger partial charge in [0.25, 0.3) is 0 Å². The van der Waals surface area contributed by atoms with E-state index in [0.29, 0.717) is 29.8 Å². The first-order valence-corrected chi connectivity index (χ1v) is 7.64. The summed E-state index contributed by atoms with van der Waals surface area (Å²) in [4.78, 5) is 8.31. The SMILES string of the molecule is COc1cc(NCC2CCS(=O)(=O)C2)nc(C)n1. The molecule has 0 aliphatic carbocycles. The van der Waals surface area contributed by atoms with E-state index in [2.05, 4.69) is 15.3 Å². The average molecular weight is 271 g/mol. The Labute approximate surface area is 107 Å². The van der Waals surface area contributed by atoms with Gasteiger partial charge in [-0.05, 0) is 19.3 Å². The topological polar surface area (TPSA) is 81.2 Å². The molecular formula is C11H17N3O3S. The first-order chi connectivity index (χ1) is 8.48. The van der Waals surface area contributed by atoms with E-state index in [1.54, 1.807) is 20.1 Å². The molecule has 1 atom stereocenters. The Morgan fingerprint density at radius 2 is 2.28 bits per heavy atom. The summed E-state index contributed by atoms with van der Waals surface area (Å²) in [6, 6.07) is 1.70. The number of rotatable bonds is 4. The van der Waals surface area contributed by atoms with Gasteiger partial charge >= 0.3 is 0 Å². The molecular weight excluding hydrogens is 254 g/mol. The number of anilines is 1. The molecule has 100 valence electrons. The molecule has 0 bridgehead atoms. The van der Waals surface area contributed by atoms with Gasteiger partial charge in [-0.1, -0.05) is 0 Å². The van der Waals surface area contributed by atoms with Gasteiger partial charge in [0.1, 0.15) is 11.6 Å². The zero-order valence-electron chi connectivity index (χ0n) is 10.5. The zero-order valence-corrected chi connectivity index (χ0v) is 11.3. The van der Waals surface area contributed by atoms with Gasteiger partial charge in [0.2, 0.25) is 5.88 Å². The minimum atomic E-state index is -2.82.